The van der Waals surface area contributed by atoms with Gasteiger partial charge in [0.1, 0.15) is 9.84 Å². The zero-order valence-electron chi connectivity index (χ0n) is 9.38. The maximum atomic E-state index is 12.3. The smallest absolute Gasteiger partial charge is 0.383 e. The van der Waals surface area contributed by atoms with Gasteiger partial charge >= 0.3 is 6.18 Å². The maximum absolute atomic E-state index is 12.3. The SMILES string of the molecule is CS(=O)(=O)CCNc1ccc(C(F)(F)F)cc1Cl. The fourth-order valence-electron chi connectivity index (χ4n) is 1.21. The highest BCUT2D eigenvalue weighted by molar-refractivity contribution is 7.90. The van der Waals surface area contributed by atoms with Crippen molar-refractivity contribution in [3.05, 3.63) is 28.8 Å². The summed E-state index contributed by atoms with van der Waals surface area (Å²) in [6.45, 7) is 0.0872. The molecule has 0 amide bonds. The summed E-state index contributed by atoms with van der Waals surface area (Å²) in [5.41, 5.74) is -0.575. The lowest BCUT2D eigenvalue weighted by Gasteiger charge is -2.11. The highest BCUT2D eigenvalue weighted by Gasteiger charge is 2.30. The van der Waals surface area contributed by atoms with Gasteiger partial charge < -0.3 is 5.32 Å². The molecule has 0 atom stereocenters. The molecule has 1 aromatic carbocycles. The van der Waals surface area contributed by atoms with Crippen LogP contribution in [-0.4, -0.2) is 27.0 Å². The third-order valence-electron chi connectivity index (χ3n) is 2.08. The number of hydrogen-bond donors (Lipinski definition) is 1. The summed E-state index contributed by atoms with van der Waals surface area (Å²) < 4.78 is 58.8. The molecule has 0 aliphatic heterocycles. The molecule has 0 radical (unpaired) electrons. The Kier molecular flexibility index (Phi) is 4.50. The Bertz CT molecular complexity index is 528. The van der Waals surface area contributed by atoms with Gasteiger partial charge in [-0.25, -0.2) is 8.42 Å². The van der Waals surface area contributed by atoms with Crippen LogP contribution in [0.5, 0.6) is 0 Å². The molecule has 1 rings (SSSR count). The first kappa shape index (κ1) is 15.1. The van der Waals surface area contributed by atoms with Gasteiger partial charge in [-0.05, 0) is 18.2 Å². The van der Waals surface area contributed by atoms with E-state index in [1.807, 2.05) is 0 Å². The summed E-state index contributed by atoms with van der Waals surface area (Å²) in [6.07, 6.45) is -3.38. The third kappa shape index (κ3) is 4.73. The standard InChI is InChI=1S/C10H11ClF3NO2S/c1-18(16,17)5-4-15-9-3-2-7(6-8(9)11)10(12,13)14/h2-3,6,15H,4-5H2,1H3. The molecular formula is C10H11ClF3NO2S. The van der Waals surface area contributed by atoms with Crippen LogP contribution in [0.3, 0.4) is 0 Å². The zero-order valence-corrected chi connectivity index (χ0v) is 11.0. The Balaban J connectivity index is 2.75. The van der Waals surface area contributed by atoms with E-state index in [0.717, 1.165) is 18.4 Å². The summed E-state index contributed by atoms with van der Waals surface area (Å²) in [4.78, 5) is 0. The maximum Gasteiger partial charge on any atom is 0.416 e. The molecule has 0 aliphatic rings. The first-order chi connectivity index (χ1) is 8.09. The minimum absolute atomic E-state index is 0.0872. The molecule has 0 saturated heterocycles. The van der Waals surface area contributed by atoms with Crippen LogP contribution in [0.1, 0.15) is 5.56 Å². The van der Waals surface area contributed by atoms with E-state index in [2.05, 4.69) is 5.32 Å². The topological polar surface area (TPSA) is 46.2 Å². The van der Waals surface area contributed by atoms with Gasteiger partial charge in [0.15, 0.2) is 0 Å². The molecule has 0 saturated carbocycles. The average molecular weight is 302 g/mol. The lowest BCUT2D eigenvalue weighted by atomic mass is 10.2. The monoisotopic (exact) mass is 301 g/mol. The van der Waals surface area contributed by atoms with Crippen molar-refractivity contribution in [2.45, 2.75) is 6.18 Å². The summed E-state index contributed by atoms with van der Waals surface area (Å²) in [5, 5.41) is 2.57. The molecule has 3 nitrogen and oxygen atoms in total. The van der Waals surface area contributed by atoms with E-state index in [9.17, 15) is 21.6 Å². The van der Waals surface area contributed by atoms with Crippen LogP contribution in [-0.2, 0) is 16.0 Å². The van der Waals surface area contributed by atoms with Crippen molar-refractivity contribution in [3.8, 4) is 0 Å². The van der Waals surface area contributed by atoms with Crippen molar-refractivity contribution in [2.75, 3.05) is 23.9 Å². The van der Waals surface area contributed by atoms with Crippen LogP contribution < -0.4 is 5.32 Å². The molecular weight excluding hydrogens is 291 g/mol. The predicted octanol–water partition coefficient (Wildman–Crippen LogP) is 2.82. The van der Waals surface area contributed by atoms with Crippen molar-refractivity contribution in [2.24, 2.45) is 0 Å². The lowest BCUT2D eigenvalue weighted by Crippen LogP contribution is -2.14. The van der Waals surface area contributed by atoms with Crippen molar-refractivity contribution < 1.29 is 21.6 Å². The molecule has 18 heavy (non-hydrogen) atoms. The largest absolute Gasteiger partial charge is 0.416 e. The Morgan fingerprint density at radius 3 is 2.39 bits per heavy atom. The molecule has 102 valence electrons. The Morgan fingerprint density at radius 2 is 1.94 bits per heavy atom. The fourth-order valence-corrected chi connectivity index (χ4v) is 1.93. The molecule has 0 heterocycles. The Hall–Kier alpha value is -0.950. The first-order valence-electron chi connectivity index (χ1n) is 4.88. The summed E-state index contributed by atoms with van der Waals surface area (Å²) in [5.74, 6) is -0.121. The number of alkyl halides is 3. The Labute approximate surface area is 108 Å². The van der Waals surface area contributed by atoms with Crippen molar-refractivity contribution in [1.29, 1.82) is 0 Å². The number of nitrogens with one attached hydrogen (secondary N) is 1. The third-order valence-corrected chi connectivity index (χ3v) is 3.34. The Morgan fingerprint density at radius 1 is 1.33 bits per heavy atom. The van der Waals surface area contributed by atoms with Crippen LogP contribution in [0.4, 0.5) is 18.9 Å². The second-order valence-corrected chi connectivity index (χ2v) is 6.42. The van der Waals surface area contributed by atoms with Crippen LogP contribution in [0.15, 0.2) is 18.2 Å². The molecule has 0 fully saturated rings. The van der Waals surface area contributed by atoms with Crippen LogP contribution >= 0.6 is 11.6 Å². The molecule has 0 aromatic heterocycles. The number of sulfone groups is 1. The van der Waals surface area contributed by atoms with E-state index in [1.165, 1.54) is 6.07 Å². The number of halogens is 4. The van der Waals surface area contributed by atoms with Crippen LogP contribution in [0, 0.1) is 0 Å². The molecule has 1 aromatic rings. The van der Waals surface area contributed by atoms with E-state index in [0.29, 0.717) is 0 Å². The van der Waals surface area contributed by atoms with Crippen molar-refractivity contribution in [3.63, 3.8) is 0 Å². The lowest BCUT2D eigenvalue weighted by molar-refractivity contribution is -0.137. The van der Waals surface area contributed by atoms with E-state index in [-0.39, 0.29) is 23.0 Å². The average Bonchev–Trinajstić information content (AvgIpc) is 2.17. The number of hydrogen-bond acceptors (Lipinski definition) is 3. The van der Waals surface area contributed by atoms with E-state index < -0.39 is 21.6 Å². The van der Waals surface area contributed by atoms with Gasteiger partial charge in [0.25, 0.3) is 0 Å². The second kappa shape index (κ2) is 5.36. The van der Waals surface area contributed by atoms with Crippen molar-refractivity contribution >= 4 is 27.1 Å². The van der Waals surface area contributed by atoms with E-state index in [1.54, 1.807) is 0 Å². The highest BCUT2D eigenvalue weighted by atomic mass is 35.5. The van der Waals surface area contributed by atoms with Gasteiger partial charge in [0.2, 0.25) is 0 Å². The first-order valence-corrected chi connectivity index (χ1v) is 7.32. The van der Waals surface area contributed by atoms with Gasteiger partial charge in [-0.2, -0.15) is 13.2 Å². The number of benzene rings is 1. The minimum Gasteiger partial charge on any atom is -0.383 e. The molecule has 0 unspecified atom stereocenters. The number of anilines is 1. The molecule has 0 bridgehead atoms. The van der Waals surface area contributed by atoms with Gasteiger partial charge in [0, 0.05) is 12.8 Å². The second-order valence-electron chi connectivity index (χ2n) is 3.75. The van der Waals surface area contributed by atoms with Gasteiger partial charge in [0.05, 0.1) is 22.0 Å². The van der Waals surface area contributed by atoms with E-state index in [4.69, 9.17) is 11.6 Å². The normalized spacial score (nSPS) is 12.5. The number of rotatable bonds is 4. The minimum atomic E-state index is -4.45. The summed E-state index contributed by atoms with van der Waals surface area (Å²) in [6, 6.07) is 2.85. The van der Waals surface area contributed by atoms with Crippen LogP contribution in [0.2, 0.25) is 5.02 Å². The van der Waals surface area contributed by atoms with Gasteiger partial charge in [-0.3, -0.25) is 0 Å². The predicted molar refractivity (Wildman–Crippen MR) is 64.7 cm³/mol. The zero-order chi connectivity index (χ0) is 14.0. The molecule has 0 aliphatic carbocycles. The molecule has 8 heteroatoms. The van der Waals surface area contributed by atoms with Crippen LogP contribution in [0.25, 0.3) is 0 Å². The summed E-state index contributed by atoms with van der Waals surface area (Å²) in [7, 11) is -3.12. The highest BCUT2D eigenvalue weighted by Crippen LogP contribution is 2.33. The fraction of sp³-hybridized carbons (Fsp3) is 0.400. The summed E-state index contributed by atoms with van der Waals surface area (Å²) >= 11 is 5.67. The quantitative estimate of drug-likeness (QED) is 0.930. The van der Waals surface area contributed by atoms with Gasteiger partial charge in [-0.1, -0.05) is 11.6 Å². The molecule has 0 spiro atoms. The molecule has 1 N–H and O–H groups in total. The van der Waals surface area contributed by atoms with Gasteiger partial charge in [-0.15, -0.1) is 0 Å². The van der Waals surface area contributed by atoms with Crippen molar-refractivity contribution in [1.82, 2.24) is 0 Å². The van der Waals surface area contributed by atoms with E-state index >= 15 is 0 Å².